The first kappa shape index (κ1) is 15.6. The molecule has 1 amide bonds. The number of ether oxygens (including phenoxy) is 2. The fourth-order valence-electron chi connectivity index (χ4n) is 4.08. The van der Waals surface area contributed by atoms with E-state index >= 15 is 0 Å². The number of aromatic nitrogens is 1. The van der Waals surface area contributed by atoms with Crippen LogP contribution in [-0.4, -0.2) is 55.3 Å². The summed E-state index contributed by atoms with van der Waals surface area (Å²) in [5.74, 6) is 0.126. The zero-order valence-electron chi connectivity index (χ0n) is 13.8. The predicted molar refractivity (Wildman–Crippen MR) is 84.1 cm³/mol. The van der Waals surface area contributed by atoms with Gasteiger partial charge in [0, 0.05) is 43.6 Å². The molecule has 0 radical (unpaired) electrons. The summed E-state index contributed by atoms with van der Waals surface area (Å²) >= 11 is 0. The molecule has 1 aromatic rings. The minimum absolute atomic E-state index is 0.0415. The largest absolute Gasteiger partial charge is 0.384 e. The summed E-state index contributed by atoms with van der Waals surface area (Å²) in [6.07, 6.45) is 3.24. The van der Waals surface area contributed by atoms with Crippen molar-refractivity contribution < 1.29 is 14.3 Å². The van der Waals surface area contributed by atoms with E-state index in [1.807, 2.05) is 24.8 Å². The summed E-state index contributed by atoms with van der Waals surface area (Å²) in [5, 5.41) is 0. The molecule has 122 valence electrons. The number of fused-ring (bicyclic) bond motifs is 1. The van der Waals surface area contributed by atoms with Crippen molar-refractivity contribution in [2.75, 3.05) is 33.4 Å². The maximum atomic E-state index is 12.9. The first-order valence-corrected chi connectivity index (χ1v) is 8.12. The van der Waals surface area contributed by atoms with Gasteiger partial charge in [-0.15, -0.1) is 0 Å². The minimum atomic E-state index is -0.0415. The molecular formula is C17H26N2O3. The summed E-state index contributed by atoms with van der Waals surface area (Å²) in [6, 6.07) is 1.95. The Labute approximate surface area is 132 Å². The van der Waals surface area contributed by atoms with Crippen molar-refractivity contribution in [1.29, 1.82) is 0 Å². The second-order valence-electron chi connectivity index (χ2n) is 6.76. The molecule has 2 atom stereocenters. The molecular weight excluding hydrogens is 280 g/mol. The quantitative estimate of drug-likeness (QED) is 0.932. The van der Waals surface area contributed by atoms with Crippen LogP contribution in [-0.2, 0) is 9.47 Å². The Kier molecular flexibility index (Phi) is 4.28. The van der Waals surface area contributed by atoms with Crippen LogP contribution in [0.25, 0.3) is 0 Å². The molecule has 5 nitrogen and oxygen atoms in total. The number of nitrogens with one attached hydrogen (secondary N) is 1. The first-order valence-electron chi connectivity index (χ1n) is 8.12. The number of methoxy groups -OCH3 is 1. The van der Waals surface area contributed by atoms with Crippen molar-refractivity contribution in [3.63, 3.8) is 0 Å². The fourth-order valence-corrected chi connectivity index (χ4v) is 4.08. The highest BCUT2D eigenvalue weighted by Gasteiger charge is 2.47. The van der Waals surface area contributed by atoms with Crippen LogP contribution < -0.4 is 0 Å². The van der Waals surface area contributed by atoms with Gasteiger partial charge in [-0.3, -0.25) is 4.79 Å². The summed E-state index contributed by atoms with van der Waals surface area (Å²) in [4.78, 5) is 18.1. The number of piperidine rings is 1. The first-order chi connectivity index (χ1) is 10.6. The number of hydrogen-bond acceptors (Lipinski definition) is 3. The van der Waals surface area contributed by atoms with Crippen molar-refractivity contribution in [1.82, 2.24) is 9.88 Å². The van der Waals surface area contributed by atoms with E-state index in [1.54, 1.807) is 7.11 Å². The molecule has 2 unspecified atom stereocenters. The lowest BCUT2D eigenvalue weighted by Crippen LogP contribution is -2.58. The maximum absolute atomic E-state index is 12.9. The average molecular weight is 306 g/mol. The van der Waals surface area contributed by atoms with Crippen molar-refractivity contribution in [2.24, 2.45) is 5.41 Å². The Bertz CT molecular complexity index is 550. The molecule has 3 heterocycles. The monoisotopic (exact) mass is 306 g/mol. The Morgan fingerprint density at radius 3 is 3.05 bits per heavy atom. The highest BCUT2D eigenvalue weighted by Crippen LogP contribution is 2.40. The molecule has 2 saturated heterocycles. The van der Waals surface area contributed by atoms with Crippen LogP contribution in [0.1, 0.15) is 41.0 Å². The van der Waals surface area contributed by atoms with Crippen molar-refractivity contribution in [3.05, 3.63) is 23.0 Å². The van der Waals surface area contributed by atoms with Gasteiger partial charge in [-0.2, -0.15) is 0 Å². The summed E-state index contributed by atoms with van der Waals surface area (Å²) in [7, 11) is 1.74. The Hall–Kier alpha value is -1.33. The Morgan fingerprint density at radius 2 is 2.36 bits per heavy atom. The van der Waals surface area contributed by atoms with Gasteiger partial charge >= 0.3 is 0 Å². The lowest BCUT2D eigenvalue weighted by Gasteiger charge is -2.50. The molecule has 0 spiro atoms. The number of H-pyrrole nitrogens is 1. The van der Waals surface area contributed by atoms with Crippen molar-refractivity contribution >= 4 is 5.91 Å². The van der Waals surface area contributed by atoms with Crippen LogP contribution in [0.3, 0.4) is 0 Å². The lowest BCUT2D eigenvalue weighted by atomic mass is 9.73. The van der Waals surface area contributed by atoms with Gasteiger partial charge in [-0.1, -0.05) is 0 Å². The molecule has 2 fully saturated rings. The Balaban J connectivity index is 1.81. The summed E-state index contributed by atoms with van der Waals surface area (Å²) in [6.45, 7) is 6.93. The third kappa shape index (κ3) is 2.68. The van der Waals surface area contributed by atoms with Crippen LogP contribution >= 0.6 is 0 Å². The predicted octanol–water partition coefficient (Wildman–Crippen LogP) is 2.29. The van der Waals surface area contributed by atoms with Gasteiger partial charge in [0.15, 0.2) is 0 Å². The molecule has 5 heteroatoms. The number of amides is 1. The van der Waals surface area contributed by atoms with E-state index in [-0.39, 0.29) is 17.4 Å². The SMILES string of the molecule is COCC12CCCOC1CCN(C(=O)c1cc(C)[nH]c1C)C2. The van der Waals surface area contributed by atoms with Crippen LogP contribution in [0, 0.1) is 19.3 Å². The van der Waals surface area contributed by atoms with E-state index < -0.39 is 0 Å². The van der Waals surface area contributed by atoms with Crippen LogP contribution in [0.4, 0.5) is 0 Å². The van der Waals surface area contributed by atoms with Crippen LogP contribution in [0.5, 0.6) is 0 Å². The molecule has 0 saturated carbocycles. The highest BCUT2D eigenvalue weighted by molar-refractivity contribution is 5.95. The van der Waals surface area contributed by atoms with Gasteiger partial charge in [0.05, 0.1) is 18.3 Å². The van der Waals surface area contributed by atoms with E-state index in [2.05, 4.69) is 4.98 Å². The van der Waals surface area contributed by atoms with Gasteiger partial charge in [0.2, 0.25) is 0 Å². The minimum Gasteiger partial charge on any atom is -0.384 e. The standard InChI is InChI=1S/C17H26N2O3/c1-12-9-14(13(2)18-12)16(20)19-7-5-15-17(10-19,11-21-3)6-4-8-22-15/h9,15,18H,4-8,10-11H2,1-3H3. The molecule has 1 N–H and O–H groups in total. The zero-order valence-corrected chi connectivity index (χ0v) is 13.8. The number of aromatic amines is 1. The number of carbonyl (C=O) groups excluding carboxylic acids is 1. The van der Waals surface area contributed by atoms with E-state index in [0.29, 0.717) is 6.61 Å². The smallest absolute Gasteiger partial charge is 0.255 e. The van der Waals surface area contributed by atoms with E-state index in [1.165, 1.54) is 0 Å². The molecule has 0 aromatic carbocycles. The molecule has 0 bridgehead atoms. The number of carbonyl (C=O) groups is 1. The van der Waals surface area contributed by atoms with E-state index in [0.717, 1.165) is 55.9 Å². The molecule has 2 aliphatic heterocycles. The number of likely N-dealkylation sites (tertiary alicyclic amines) is 1. The molecule has 3 rings (SSSR count). The van der Waals surface area contributed by atoms with Gasteiger partial charge in [0.25, 0.3) is 5.91 Å². The molecule has 1 aromatic heterocycles. The van der Waals surface area contributed by atoms with Crippen molar-refractivity contribution in [3.8, 4) is 0 Å². The zero-order chi connectivity index (χ0) is 15.7. The molecule has 2 aliphatic rings. The second kappa shape index (κ2) is 6.05. The topological polar surface area (TPSA) is 54.6 Å². The third-order valence-electron chi connectivity index (χ3n) is 5.09. The van der Waals surface area contributed by atoms with Gasteiger partial charge in [-0.25, -0.2) is 0 Å². The Morgan fingerprint density at radius 1 is 1.55 bits per heavy atom. The highest BCUT2D eigenvalue weighted by atomic mass is 16.5. The number of rotatable bonds is 3. The summed E-state index contributed by atoms with van der Waals surface area (Å²) in [5.41, 5.74) is 2.73. The fraction of sp³-hybridized carbons (Fsp3) is 0.706. The third-order valence-corrected chi connectivity index (χ3v) is 5.09. The number of aryl methyl sites for hydroxylation is 2. The van der Waals surface area contributed by atoms with E-state index in [4.69, 9.17) is 9.47 Å². The molecule has 22 heavy (non-hydrogen) atoms. The summed E-state index contributed by atoms with van der Waals surface area (Å²) < 4.78 is 11.5. The van der Waals surface area contributed by atoms with Gasteiger partial charge < -0.3 is 19.4 Å². The average Bonchev–Trinajstić information content (AvgIpc) is 2.84. The second-order valence-corrected chi connectivity index (χ2v) is 6.76. The van der Waals surface area contributed by atoms with E-state index in [9.17, 15) is 4.79 Å². The number of hydrogen-bond donors (Lipinski definition) is 1. The normalized spacial score (nSPS) is 28.5. The van der Waals surface area contributed by atoms with Gasteiger partial charge in [-0.05, 0) is 39.2 Å². The number of nitrogens with zero attached hydrogens (tertiary/aromatic N) is 1. The lowest BCUT2D eigenvalue weighted by molar-refractivity contribution is -0.142. The van der Waals surface area contributed by atoms with Gasteiger partial charge in [0.1, 0.15) is 0 Å². The van der Waals surface area contributed by atoms with Crippen LogP contribution in [0.2, 0.25) is 0 Å². The molecule has 0 aliphatic carbocycles. The van der Waals surface area contributed by atoms with Crippen molar-refractivity contribution in [2.45, 2.75) is 39.2 Å². The van der Waals surface area contributed by atoms with Crippen LogP contribution in [0.15, 0.2) is 6.07 Å². The maximum Gasteiger partial charge on any atom is 0.255 e.